The minimum absolute atomic E-state index is 0.0169. The minimum atomic E-state index is 0.0169. The Morgan fingerprint density at radius 2 is 2.08 bits per heavy atom. The fraction of sp³-hybridized carbons (Fsp3) is 0.409. The van der Waals surface area contributed by atoms with Gasteiger partial charge >= 0.3 is 0 Å². The van der Waals surface area contributed by atoms with Gasteiger partial charge in [0.1, 0.15) is 5.75 Å². The SMILES string of the molecule is CCOc1ccccc1NC(=O)C1CCCN(Cc2cccc(C)c2)C1. The van der Waals surface area contributed by atoms with Crippen LogP contribution in [0.5, 0.6) is 5.75 Å². The van der Waals surface area contributed by atoms with E-state index >= 15 is 0 Å². The summed E-state index contributed by atoms with van der Waals surface area (Å²) in [4.78, 5) is 15.2. The molecule has 1 aliphatic heterocycles. The fourth-order valence-corrected chi connectivity index (χ4v) is 3.57. The van der Waals surface area contributed by atoms with Crippen LogP contribution in [0.2, 0.25) is 0 Å². The van der Waals surface area contributed by atoms with Crippen LogP contribution in [0.15, 0.2) is 48.5 Å². The number of carbonyl (C=O) groups is 1. The molecule has 4 nitrogen and oxygen atoms in total. The first-order valence-electron chi connectivity index (χ1n) is 9.46. The zero-order valence-corrected chi connectivity index (χ0v) is 15.7. The van der Waals surface area contributed by atoms with E-state index in [2.05, 4.69) is 41.4 Å². The van der Waals surface area contributed by atoms with Crippen molar-refractivity contribution in [1.82, 2.24) is 4.90 Å². The summed E-state index contributed by atoms with van der Waals surface area (Å²) in [5, 5.41) is 3.07. The molecule has 1 atom stereocenters. The summed E-state index contributed by atoms with van der Waals surface area (Å²) >= 11 is 0. The quantitative estimate of drug-likeness (QED) is 0.845. The third kappa shape index (κ3) is 4.85. The number of benzene rings is 2. The Balaban J connectivity index is 1.61. The lowest BCUT2D eigenvalue weighted by Crippen LogP contribution is -2.40. The molecule has 1 N–H and O–H groups in total. The average Bonchev–Trinajstić information content (AvgIpc) is 2.64. The van der Waals surface area contributed by atoms with Crippen LogP contribution in [0.3, 0.4) is 0 Å². The molecule has 3 rings (SSSR count). The van der Waals surface area contributed by atoms with E-state index in [1.807, 2.05) is 31.2 Å². The molecule has 1 saturated heterocycles. The van der Waals surface area contributed by atoms with Crippen molar-refractivity contribution in [3.8, 4) is 5.75 Å². The van der Waals surface area contributed by atoms with Crippen molar-refractivity contribution < 1.29 is 9.53 Å². The van der Waals surface area contributed by atoms with Gasteiger partial charge in [0.05, 0.1) is 18.2 Å². The molecule has 0 bridgehead atoms. The van der Waals surface area contributed by atoms with Gasteiger partial charge in [-0.05, 0) is 50.9 Å². The van der Waals surface area contributed by atoms with E-state index in [1.54, 1.807) is 0 Å². The summed E-state index contributed by atoms with van der Waals surface area (Å²) in [7, 11) is 0. The van der Waals surface area contributed by atoms with Crippen LogP contribution in [0, 0.1) is 12.8 Å². The molecule has 26 heavy (non-hydrogen) atoms. The number of rotatable bonds is 6. The van der Waals surface area contributed by atoms with E-state index in [0.717, 1.165) is 43.9 Å². The van der Waals surface area contributed by atoms with Crippen molar-refractivity contribution in [3.63, 3.8) is 0 Å². The van der Waals surface area contributed by atoms with Crippen LogP contribution < -0.4 is 10.1 Å². The second kappa shape index (κ2) is 8.86. The predicted octanol–water partition coefficient (Wildman–Crippen LogP) is 4.24. The van der Waals surface area contributed by atoms with E-state index in [4.69, 9.17) is 4.74 Å². The van der Waals surface area contributed by atoms with Crippen molar-refractivity contribution in [2.24, 2.45) is 5.92 Å². The number of nitrogens with zero attached hydrogens (tertiary/aromatic N) is 1. The molecule has 1 fully saturated rings. The van der Waals surface area contributed by atoms with Gasteiger partial charge in [0.2, 0.25) is 5.91 Å². The molecule has 0 spiro atoms. The first kappa shape index (κ1) is 18.5. The van der Waals surface area contributed by atoms with E-state index in [-0.39, 0.29) is 11.8 Å². The van der Waals surface area contributed by atoms with Gasteiger partial charge in [0.15, 0.2) is 0 Å². The Hall–Kier alpha value is -2.33. The predicted molar refractivity (Wildman–Crippen MR) is 105 cm³/mol. The van der Waals surface area contributed by atoms with E-state index < -0.39 is 0 Å². The first-order chi connectivity index (χ1) is 12.7. The molecular formula is C22H28N2O2. The van der Waals surface area contributed by atoms with Crippen molar-refractivity contribution in [2.75, 3.05) is 25.0 Å². The van der Waals surface area contributed by atoms with Gasteiger partial charge in [-0.1, -0.05) is 42.0 Å². The molecule has 1 amide bonds. The van der Waals surface area contributed by atoms with Crippen molar-refractivity contribution >= 4 is 11.6 Å². The molecule has 1 aliphatic rings. The zero-order valence-electron chi connectivity index (χ0n) is 15.7. The van der Waals surface area contributed by atoms with Gasteiger partial charge in [-0.25, -0.2) is 0 Å². The Morgan fingerprint density at radius 1 is 1.23 bits per heavy atom. The van der Waals surface area contributed by atoms with Gasteiger partial charge in [-0.15, -0.1) is 0 Å². The first-order valence-corrected chi connectivity index (χ1v) is 9.46. The summed E-state index contributed by atoms with van der Waals surface area (Å²) in [5.41, 5.74) is 3.35. The Kier molecular flexibility index (Phi) is 6.29. The lowest BCUT2D eigenvalue weighted by molar-refractivity contribution is -0.121. The molecule has 1 heterocycles. The average molecular weight is 352 g/mol. The Morgan fingerprint density at radius 3 is 2.88 bits per heavy atom. The molecule has 0 radical (unpaired) electrons. The maximum atomic E-state index is 12.8. The molecule has 0 aromatic heterocycles. The Bertz CT molecular complexity index is 744. The summed E-state index contributed by atoms with van der Waals surface area (Å²) < 4.78 is 5.61. The molecule has 2 aromatic rings. The number of hydrogen-bond acceptors (Lipinski definition) is 3. The summed E-state index contributed by atoms with van der Waals surface area (Å²) in [6.45, 7) is 7.40. The van der Waals surface area contributed by atoms with Crippen LogP contribution in [-0.4, -0.2) is 30.5 Å². The van der Waals surface area contributed by atoms with E-state index in [0.29, 0.717) is 6.61 Å². The number of likely N-dealkylation sites (tertiary alicyclic amines) is 1. The molecular weight excluding hydrogens is 324 g/mol. The molecule has 0 saturated carbocycles. The second-order valence-electron chi connectivity index (χ2n) is 6.98. The number of piperidine rings is 1. The van der Waals surface area contributed by atoms with Crippen molar-refractivity contribution in [2.45, 2.75) is 33.2 Å². The fourth-order valence-electron chi connectivity index (χ4n) is 3.57. The van der Waals surface area contributed by atoms with Gasteiger partial charge in [-0.2, -0.15) is 0 Å². The minimum Gasteiger partial charge on any atom is -0.492 e. The molecule has 2 aromatic carbocycles. The second-order valence-corrected chi connectivity index (χ2v) is 6.98. The van der Waals surface area contributed by atoms with Crippen LogP contribution in [-0.2, 0) is 11.3 Å². The van der Waals surface area contributed by atoms with Crippen LogP contribution in [0.1, 0.15) is 30.9 Å². The number of aryl methyl sites for hydroxylation is 1. The summed E-state index contributed by atoms with van der Waals surface area (Å²) in [5.74, 6) is 0.838. The highest BCUT2D eigenvalue weighted by atomic mass is 16.5. The highest BCUT2D eigenvalue weighted by Gasteiger charge is 2.26. The number of nitrogens with one attached hydrogen (secondary N) is 1. The topological polar surface area (TPSA) is 41.6 Å². The van der Waals surface area contributed by atoms with E-state index in [1.165, 1.54) is 11.1 Å². The van der Waals surface area contributed by atoms with E-state index in [9.17, 15) is 4.79 Å². The Labute approximate surface area is 156 Å². The monoisotopic (exact) mass is 352 g/mol. The van der Waals surface area contributed by atoms with Crippen LogP contribution in [0.4, 0.5) is 5.69 Å². The number of ether oxygens (including phenoxy) is 1. The third-order valence-electron chi connectivity index (χ3n) is 4.81. The lowest BCUT2D eigenvalue weighted by Gasteiger charge is -2.32. The molecule has 1 unspecified atom stereocenters. The summed E-state index contributed by atoms with van der Waals surface area (Å²) in [6, 6.07) is 16.2. The molecule has 4 heteroatoms. The highest BCUT2D eigenvalue weighted by molar-refractivity contribution is 5.94. The highest BCUT2D eigenvalue weighted by Crippen LogP contribution is 2.26. The lowest BCUT2D eigenvalue weighted by atomic mass is 9.96. The normalized spacial score (nSPS) is 17.7. The van der Waals surface area contributed by atoms with Crippen LogP contribution in [0.25, 0.3) is 0 Å². The van der Waals surface area contributed by atoms with Gasteiger partial charge < -0.3 is 10.1 Å². The van der Waals surface area contributed by atoms with Gasteiger partial charge in [-0.3, -0.25) is 9.69 Å². The number of anilines is 1. The standard InChI is InChI=1S/C22H28N2O2/c1-3-26-21-12-5-4-11-20(21)23-22(25)19-10-7-13-24(16-19)15-18-9-6-8-17(2)14-18/h4-6,8-9,11-12,14,19H,3,7,10,13,15-16H2,1-2H3,(H,23,25). The number of carbonyl (C=O) groups excluding carboxylic acids is 1. The molecule has 138 valence electrons. The van der Waals surface area contributed by atoms with Crippen molar-refractivity contribution in [3.05, 3.63) is 59.7 Å². The largest absolute Gasteiger partial charge is 0.492 e. The van der Waals surface area contributed by atoms with Crippen molar-refractivity contribution in [1.29, 1.82) is 0 Å². The van der Waals surface area contributed by atoms with Gasteiger partial charge in [0, 0.05) is 13.1 Å². The number of amides is 1. The smallest absolute Gasteiger partial charge is 0.228 e. The number of para-hydroxylation sites is 2. The van der Waals surface area contributed by atoms with Gasteiger partial charge in [0.25, 0.3) is 0 Å². The third-order valence-corrected chi connectivity index (χ3v) is 4.81. The number of hydrogen-bond donors (Lipinski definition) is 1. The maximum Gasteiger partial charge on any atom is 0.228 e. The summed E-state index contributed by atoms with van der Waals surface area (Å²) in [6.07, 6.45) is 1.99. The molecule has 0 aliphatic carbocycles. The van der Waals surface area contributed by atoms with Crippen LogP contribution >= 0.6 is 0 Å². The zero-order chi connectivity index (χ0) is 18.4. The maximum absolute atomic E-state index is 12.8.